The molecular weight excluding hydrogens is 409 g/mol. The smallest absolute Gasteiger partial charge is 0.238 e. The van der Waals surface area contributed by atoms with E-state index in [4.69, 9.17) is 5.26 Å². The molecule has 3 aromatic carbocycles. The molecule has 0 saturated heterocycles. The normalized spacial score (nSPS) is 10.8. The Morgan fingerprint density at radius 2 is 2.06 bits per heavy atom. The highest BCUT2D eigenvalue weighted by molar-refractivity contribution is 6.03. The summed E-state index contributed by atoms with van der Waals surface area (Å²) in [5.41, 5.74) is 2.17. The molecule has 0 fully saturated rings. The molecule has 3 N–H and O–H groups in total. The molecule has 0 radical (unpaired) electrons. The quantitative estimate of drug-likeness (QED) is 0.417. The second-order valence-electron chi connectivity index (χ2n) is 7.30. The molecule has 0 saturated carbocycles. The zero-order valence-corrected chi connectivity index (χ0v) is 17.0. The number of nitrogens with zero attached hydrogens (tertiary/aromatic N) is 3. The highest BCUT2D eigenvalue weighted by atomic mass is 19.1. The van der Waals surface area contributed by atoms with E-state index in [1.165, 1.54) is 12.1 Å². The van der Waals surface area contributed by atoms with Gasteiger partial charge in [-0.25, -0.2) is 9.37 Å². The first-order valence-corrected chi connectivity index (χ1v) is 9.93. The number of nitriles is 1. The highest BCUT2D eigenvalue weighted by Crippen LogP contribution is 2.26. The van der Waals surface area contributed by atoms with Crippen LogP contribution in [0.15, 0.2) is 67.1 Å². The van der Waals surface area contributed by atoms with Crippen molar-refractivity contribution in [1.82, 2.24) is 14.9 Å². The lowest BCUT2D eigenvalue weighted by atomic mass is 10.1. The van der Waals surface area contributed by atoms with Gasteiger partial charge in [-0.1, -0.05) is 24.3 Å². The third-order valence-corrected chi connectivity index (χ3v) is 5.04. The fraction of sp³-hybridized carbons (Fsp3) is 0.125. The molecule has 4 rings (SSSR count). The summed E-state index contributed by atoms with van der Waals surface area (Å²) in [5.74, 6) is -0.642. The van der Waals surface area contributed by atoms with Gasteiger partial charge in [-0.2, -0.15) is 5.26 Å². The average Bonchev–Trinajstić information content (AvgIpc) is 3.21. The van der Waals surface area contributed by atoms with E-state index in [-0.39, 0.29) is 23.8 Å². The zero-order valence-electron chi connectivity index (χ0n) is 17.0. The van der Waals surface area contributed by atoms with E-state index in [9.17, 15) is 14.3 Å². The number of anilines is 1. The maximum Gasteiger partial charge on any atom is 0.238 e. The summed E-state index contributed by atoms with van der Waals surface area (Å²) < 4.78 is 15.7. The maximum absolute atomic E-state index is 13.9. The van der Waals surface area contributed by atoms with Crippen LogP contribution in [0, 0.1) is 17.1 Å². The topological polar surface area (TPSA) is 103 Å². The second-order valence-corrected chi connectivity index (χ2v) is 7.30. The van der Waals surface area contributed by atoms with Crippen LogP contribution in [0.25, 0.3) is 10.8 Å². The van der Waals surface area contributed by atoms with Gasteiger partial charge in [0, 0.05) is 30.4 Å². The Morgan fingerprint density at radius 3 is 2.88 bits per heavy atom. The molecule has 7 nitrogen and oxygen atoms in total. The SMILES string of the molecule is N#Cc1ccc(Cn2cncc2CNCC(=O)Nc2cccc3ccc(O)cc23)cc1F. The van der Waals surface area contributed by atoms with Crippen molar-refractivity contribution in [2.24, 2.45) is 0 Å². The highest BCUT2D eigenvalue weighted by Gasteiger charge is 2.09. The number of amides is 1. The van der Waals surface area contributed by atoms with Gasteiger partial charge in [-0.15, -0.1) is 0 Å². The molecule has 0 aliphatic heterocycles. The van der Waals surface area contributed by atoms with E-state index < -0.39 is 5.82 Å². The van der Waals surface area contributed by atoms with Crippen LogP contribution in [0.2, 0.25) is 0 Å². The summed E-state index contributed by atoms with van der Waals surface area (Å²) in [6, 6.07) is 16.8. The maximum atomic E-state index is 13.9. The van der Waals surface area contributed by atoms with Crippen LogP contribution >= 0.6 is 0 Å². The first-order chi connectivity index (χ1) is 15.5. The third kappa shape index (κ3) is 4.74. The molecule has 0 unspecified atom stereocenters. The first kappa shape index (κ1) is 21.0. The number of phenolic OH excluding ortho intramolecular Hbond substituents is 1. The molecule has 1 aromatic heterocycles. The number of carbonyl (C=O) groups excluding carboxylic acids is 1. The number of aromatic nitrogens is 2. The number of hydrogen-bond donors (Lipinski definition) is 3. The van der Waals surface area contributed by atoms with Crippen LogP contribution in [0.1, 0.15) is 16.8 Å². The van der Waals surface area contributed by atoms with E-state index in [1.807, 2.05) is 16.7 Å². The summed E-state index contributed by atoms with van der Waals surface area (Å²) >= 11 is 0. The Balaban J connectivity index is 1.35. The third-order valence-electron chi connectivity index (χ3n) is 5.04. The predicted molar refractivity (Wildman–Crippen MR) is 118 cm³/mol. The van der Waals surface area contributed by atoms with Gasteiger partial charge >= 0.3 is 0 Å². The summed E-state index contributed by atoms with van der Waals surface area (Å²) in [4.78, 5) is 16.6. The van der Waals surface area contributed by atoms with Crippen molar-refractivity contribution in [2.45, 2.75) is 13.1 Å². The van der Waals surface area contributed by atoms with Crippen molar-refractivity contribution in [1.29, 1.82) is 5.26 Å². The van der Waals surface area contributed by atoms with E-state index in [2.05, 4.69) is 15.6 Å². The Bertz CT molecular complexity index is 1330. The molecule has 1 amide bonds. The number of hydrogen-bond acceptors (Lipinski definition) is 5. The van der Waals surface area contributed by atoms with Crippen LogP contribution < -0.4 is 10.6 Å². The molecule has 4 aromatic rings. The van der Waals surface area contributed by atoms with Gasteiger partial charge in [0.1, 0.15) is 17.6 Å². The van der Waals surface area contributed by atoms with Crippen molar-refractivity contribution < 1.29 is 14.3 Å². The molecular formula is C24H20FN5O2. The van der Waals surface area contributed by atoms with Gasteiger partial charge in [-0.3, -0.25) is 4.79 Å². The Kier molecular flexibility index (Phi) is 6.10. The monoisotopic (exact) mass is 429 g/mol. The molecule has 160 valence electrons. The van der Waals surface area contributed by atoms with Crippen LogP contribution in [0.5, 0.6) is 5.75 Å². The first-order valence-electron chi connectivity index (χ1n) is 9.93. The fourth-order valence-electron chi connectivity index (χ4n) is 3.45. The van der Waals surface area contributed by atoms with Gasteiger partial charge < -0.3 is 20.3 Å². The molecule has 0 atom stereocenters. The molecule has 0 aliphatic rings. The number of nitrogens with one attached hydrogen (secondary N) is 2. The number of rotatable bonds is 7. The van der Waals surface area contributed by atoms with Gasteiger partial charge in [0.25, 0.3) is 0 Å². The minimum atomic E-state index is -0.553. The molecule has 0 aliphatic carbocycles. The van der Waals surface area contributed by atoms with Crippen LogP contribution in [0.3, 0.4) is 0 Å². The van der Waals surface area contributed by atoms with Crippen molar-refractivity contribution >= 4 is 22.4 Å². The van der Waals surface area contributed by atoms with E-state index in [0.29, 0.717) is 24.3 Å². The van der Waals surface area contributed by atoms with Crippen LogP contribution in [-0.2, 0) is 17.9 Å². The lowest BCUT2D eigenvalue weighted by Crippen LogP contribution is -2.28. The number of benzene rings is 3. The standard InChI is InChI=1S/C24H20FN5O2/c25-22-8-16(4-5-18(22)10-26)14-30-15-28-12-19(30)11-27-13-24(32)29-23-3-1-2-17-6-7-20(31)9-21(17)23/h1-9,12,15,27,31H,11,13-14H2,(H,29,32). The second kappa shape index (κ2) is 9.29. The largest absolute Gasteiger partial charge is 0.508 e. The van der Waals surface area contributed by atoms with Gasteiger partial charge in [0.2, 0.25) is 5.91 Å². The number of halogens is 1. The van der Waals surface area contributed by atoms with Gasteiger partial charge in [-0.05, 0) is 41.3 Å². The minimum absolute atomic E-state index is 0.00805. The van der Waals surface area contributed by atoms with E-state index in [1.54, 1.807) is 48.9 Å². The zero-order chi connectivity index (χ0) is 22.5. The molecule has 0 bridgehead atoms. The van der Waals surface area contributed by atoms with Crippen molar-refractivity contribution in [3.05, 3.63) is 89.8 Å². The molecule has 8 heteroatoms. The van der Waals surface area contributed by atoms with Gasteiger partial charge in [0.15, 0.2) is 0 Å². The fourth-order valence-corrected chi connectivity index (χ4v) is 3.45. The Labute approximate surface area is 183 Å². The average molecular weight is 429 g/mol. The summed E-state index contributed by atoms with van der Waals surface area (Å²) in [7, 11) is 0. The lowest BCUT2D eigenvalue weighted by molar-refractivity contribution is -0.115. The summed E-state index contributed by atoms with van der Waals surface area (Å²) in [6.45, 7) is 0.861. The van der Waals surface area contributed by atoms with E-state index in [0.717, 1.165) is 16.5 Å². The molecule has 32 heavy (non-hydrogen) atoms. The number of imidazole rings is 1. The van der Waals surface area contributed by atoms with Gasteiger partial charge in [0.05, 0.1) is 24.1 Å². The molecule has 0 spiro atoms. The predicted octanol–water partition coefficient (Wildman–Crippen LogP) is 3.53. The van der Waals surface area contributed by atoms with Crippen LogP contribution in [0.4, 0.5) is 10.1 Å². The number of fused-ring (bicyclic) bond motifs is 1. The lowest BCUT2D eigenvalue weighted by Gasteiger charge is -2.11. The van der Waals surface area contributed by atoms with Crippen LogP contribution in [-0.4, -0.2) is 27.1 Å². The van der Waals surface area contributed by atoms with E-state index >= 15 is 0 Å². The van der Waals surface area contributed by atoms with Crippen molar-refractivity contribution in [3.63, 3.8) is 0 Å². The van der Waals surface area contributed by atoms with Crippen molar-refractivity contribution in [3.8, 4) is 11.8 Å². The molecule has 1 heterocycles. The van der Waals surface area contributed by atoms with Crippen molar-refractivity contribution in [2.75, 3.05) is 11.9 Å². The summed E-state index contributed by atoms with van der Waals surface area (Å²) in [6.07, 6.45) is 3.31. The summed E-state index contributed by atoms with van der Waals surface area (Å²) in [5, 5.41) is 26.2. The Hall–Kier alpha value is -4.22. The Morgan fingerprint density at radius 1 is 1.19 bits per heavy atom. The number of phenols is 1. The minimum Gasteiger partial charge on any atom is -0.508 e. The number of aromatic hydroxyl groups is 1. The number of carbonyl (C=O) groups is 1.